The number of benzene rings is 2. The molecule has 2 fully saturated rings. The van der Waals surface area contributed by atoms with Crippen LogP contribution in [-0.4, -0.2) is 39.9 Å². The number of hydrogen-bond donors (Lipinski definition) is 1. The number of ether oxygens (including phenoxy) is 1. The van der Waals surface area contributed by atoms with E-state index in [4.69, 9.17) is 9.15 Å². The molecule has 2 aromatic carbocycles. The minimum atomic E-state index is -0.632. The summed E-state index contributed by atoms with van der Waals surface area (Å²) in [7, 11) is 1.37. The molecule has 11 heteroatoms. The van der Waals surface area contributed by atoms with Crippen LogP contribution < -0.4 is 5.32 Å². The smallest absolute Gasteiger partial charge is 0.305 e. The van der Waals surface area contributed by atoms with Gasteiger partial charge in [-0.1, -0.05) is 25.0 Å². The standard InChI is InChI=1S/C31H32F2N4O4S/c1-17-7-9-20(32)15-23(17)36-31-35-22-11-8-19(28(33)29(22)41-31)14-26(38)37-24-6-4-3-5-18(24)13-25(37)30-34-16-21(42-30)10-12-27(39)40-2/h7-9,11,15-16,18,24-25H,3-6,10,12-14H2,1-2H3,(H,35,36)/t18?,24?,25-/m0/s1. The Hall–Kier alpha value is -3.86. The fraction of sp³-hybridized carbons (Fsp3) is 0.419. The highest BCUT2D eigenvalue weighted by molar-refractivity contribution is 7.11. The Morgan fingerprint density at radius 1 is 1.19 bits per heavy atom. The zero-order chi connectivity index (χ0) is 29.4. The van der Waals surface area contributed by atoms with Gasteiger partial charge in [-0.15, -0.1) is 11.3 Å². The molecule has 1 N–H and O–H groups in total. The predicted octanol–water partition coefficient (Wildman–Crippen LogP) is 6.80. The van der Waals surface area contributed by atoms with Crippen LogP contribution in [0.2, 0.25) is 0 Å². The molecule has 3 heterocycles. The molecule has 0 bridgehead atoms. The maximum absolute atomic E-state index is 15.7. The largest absolute Gasteiger partial charge is 0.469 e. The molecule has 1 aliphatic carbocycles. The summed E-state index contributed by atoms with van der Waals surface area (Å²) in [5.74, 6) is -1.08. The third-order valence-corrected chi connectivity index (χ3v) is 9.55. The second kappa shape index (κ2) is 11.8. The molecule has 42 heavy (non-hydrogen) atoms. The highest BCUT2D eigenvalue weighted by atomic mass is 32.1. The maximum atomic E-state index is 15.7. The minimum Gasteiger partial charge on any atom is -0.469 e. The molecule has 0 radical (unpaired) electrons. The number of carbonyl (C=O) groups is 2. The summed E-state index contributed by atoms with van der Waals surface area (Å²) in [5.41, 5.74) is 1.72. The Morgan fingerprint density at radius 2 is 2.02 bits per heavy atom. The lowest BCUT2D eigenvalue weighted by Gasteiger charge is -2.33. The molecular formula is C31H32F2N4O4S. The molecule has 6 rings (SSSR count). The van der Waals surface area contributed by atoms with E-state index in [9.17, 15) is 14.0 Å². The third kappa shape index (κ3) is 5.62. The van der Waals surface area contributed by atoms with Crippen molar-refractivity contribution in [1.82, 2.24) is 14.9 Å². The average Bonchev–Trinajstić information content (AvgIpc) is 3.72. The SMILES string of the molecule is COC(=O)CCc1cnc([C@@H]2CC3CCCCC3N2C(=O)Cc2ccc3nc(Nc4cc(F)ccc4C)oc3c2F)s1. The number of carbonyl (C=O) groups excluding carboxylic acids is 2. The molecule has 1 amide bonds. The zero-order valence-corrected chi connectivity index (χ0v) is 24.3. The lowest BCUT2D eigenvalue weighted by molar-refractivity contribution is -0.140. The lowest BCUT2D eigenvalue weighted by atomic mass is 9.84. The van der Waals surface area contributed by atoms with Crippen LogP contribution in [0.5, 0.6) is 0 Å². The number of aromatic nitrogens is 2. The van der Waals surface area contributed by atoms with Crippen LogP contribution in [-0.2, 0) is 27.2 Å². The first-order valence-electron chi connectivity index (χ1n) is 14.2. The number of hydrogen-bond acceptors (Lipinski definition) is 8. The molecule has 1 saturated heterocycles. The number of nitrogens with zero attached hydrogens (tertiary/aromatic N) is 3. The van der Waals surface area contributed by atoms with Crippen molar-refractivity contribution in [2.45, 2.75) is 70.4 Å². The first-order chi connectivity index (χ1) is 20.3. The van der Waals surface area contributed by atoms with Gasteiger partial charge in [0.2, 0.25) is 5.91 Å². The first-order valence-corrected chi connectivity index (χ1v) is 15.1. The number of oxazole rings is 1. The molecule has 8 nitrogen and oxygen atoms in total. The van der Waals surface area contributed by atoms with Gasteiger partial charge in [0.05, 0.1) is 26.0 Å². The highest BCUT2D eigenvalue weighted by Gasteiger charge is 2.46. The summed E-state index contributed by atoms with van der Waals surface area (Å²) in [6, 6.07) is 7.47. The van der Waals surface area contributed by atoms with E-state index in [2.05, 4.69) is 15.3 Å². The second-order valence-electron chi connectivity index (χ2n) is 11.1. The monoisotopic (exact) mass is 594 g/mol. The molecule has 2 unspecified atom stereocenters. The molecule has 2 aliphatic rings. The van der Waals surface area contributed by atoms with Crippen molar-refractivity contribution in [2.24, 2.45) is 5.92 Å². The van der Waals surface area contributed by atoms with E-state index in [1.54, 1.807) is 24.4 Å². The number of anilines is 2. The molecule has 220 valence electrons. The summed E-state index contributed by atoms with van der Waals surface area (Å²) in [6.07, 6.45) is 7.49. The van der Waals surface area contributed by atoms with Crippen LogP contribution in [0.4, 0.5) is 20.5 Å². The number of thiazole rings is 1. The van der Waals surface area contributed by atoms with Crippen molar-refractivity contribution < 1.29 is 27.5 Å². The summed E-state index contributed by atoms with van der Waals surface area (Å²) >= 11 is 1.53. The first kappa shape index (κ1) is 28.3. The number of fused-ring (bicyclic) bond motifs is 2. The molecule has 1 saturated carbocycles. The highest BCUT2D eigenvalue weighted by Crippen LogP contribution is 2.47. The lowest BCUT2D eigenvalue weighted by Crippen LogP contribution is -2.41. The van der Waals surface area contributed by atoms with Crippen molar-refractivity contribution in [3.63, 3.8) is 0 Å². The van der Waals surface area contributed by atoms with Gasteiger partial charge in [0.1, 0.15) is 16.3 Å². The van der Waals surface area contributed by atoms with Crippen molar-refractivity contribution in [3.8, 4) is 0 Å². The van der Waals surface area contributed by atoms with Crippen LogP contribution in [0.15, 0.2) is 40.9 Å². The minimum absolute atomic E-state index is 0.0394. The molecular weight excluding hydrogens is 562 g/mol. The average molecular weight is 595 g/mol. The van der Waals surface area contributed by atoms with Gasteiger partial charge in [0.15, 0.2) is 11.4 Å². The summed E-state index contributed by atoms with van der Waals surface area (Å²) < 4.78 is 39.9. The molecule has 1 aliphatic heterocycles. The van der Waals surface area contributed by atoms with E-state index in [0.717, 1.165) is 47.6 Å². The molecule has 4 aromatic rings. The molecule has 2 aromatic heterocycles. The summed E-state index contributed by atoms with van der Waals surface area (Å²) in [5, 5.41) is 3.77. The maximum Gasteiger partial charge on any atom is 0.305 e. The van der Waals surface area contributed by atoms with Crippen LogP contribution in [0.3, 0.4) is 0 Å². The van der Waals surface area contributed by atoms with Gasteiger partial charge in [-0.25, -0.2) is 13.8 Å². The van der Waals surface area contributed by atoms with Gasteiger partial charge < -0.3 is 19.4 Å². The Balaban J connectivity index is 1.23. The topological polar surface area (TPSA) is 97.6 Å². The van der Waals surface area contributed by atoms with E-state index in [1.165, 1.54) is 30.6 Å². The molecule has 0 spiro atoms. The van der Waals surface area contributed by atoms with Crippen LogP contribution in [0.1, 0.15) is 65.6 Å². The summed E-state index contributed by atoms with van der Waals surface area (Å²) in [4.78, 5) is 37.4. The van der Waals surface area contributed by atoms with Gasteiger partial charge in [-0.2, -0.15) is 4.98 Å². The number of rotatable bonds is 8. The number of esters is 1. The second-order valence-corrected chi connectivity index (χ2v) is 12.2. The van der Waals surface area contributed by atoms with Crippen LogP contribution in [0, 0.1) is 24.5 Å². The van der Waals surface area contributed by atoms with Gasteiger partial charge in [-0.3, -0.25) is 9.59 Å². The van der Waals surface area contributed by atoms with E-state index in [0.29, 0.717) is 23.5 Å². The van der Waals surface area contributed by atoms with Crippen molar-refractivity contribution >= 4 is 46.0 Å². The van der Waals surface area contributed by atoms with E-state index < -0.39 is 11.6 Å². The Kier molecular flexibility index (Phi) is 7.94. The summed E-state index contributed by atoms with van der Waals surface area (Å²) in [6.45, 7) is 1.81. The van der Waals surface area contributed by atoms with Crippen LogP contribution in [0.25, 0.3) is 11.1 Å². The number of halogens is 2. The van der Waals surface area contributed by atoms with Gasteiger partial charge in [-0.05, 0) is 62.3 Å². The number of amides is 1. The predicted molar refractivity (Wildman–Crippen MR) is 154 cm³/mol. The van der Waals surface area contributed by atoms with E-state index in [1.807, 2.05) is 11.8 Å². The van der Waals surface area contributed by atoms with Gasteiger partial charge in [0, 0.05) is 28.4 Å². The zero-order valence-electron chi connectivity index (χ0n) is 23.5. The Bertz CT molecular complexity index is 1640. The van der Waals surface area contributed by atoms with Crippen molar-refractivity contribution in [1.29, 1.82) is 0 Å². The van der Waals surface area contributed by atoms with Gasteiger partial charge in [0.25, 0.3) is 6.01 Å². The number of nitrogens with one attached hydrogen (secondary N) is 1. The normalized spacial score (nSPS) is 20.1. The van der Waals surface area contributed by atoms with Crippen molar-refractivity contribution in [3.05, 3.63) is 69.2 Å². The Labute approximate surface area is 246 Å². The van der Waals surface area contributed by atoms with Gasteiger partial charge >= 0.3 is 5.97 Å². The van der Waals surface area contributed by atoms with Crippen molar-refractivity contribution in [2.75, 3.05) is 12.4 Å². The number of likely N-dealkylation sites (tertiary alicyclic amines) is 1. The van der Waals surface area contributed by atoms with E-state index >= 15 is 4.39 Å². The van der Waals surface area contributed by atoms with E-state index in [-0.39, 0.29) is 54.0 Å². The van der Waals surface area contributed by atoms with Crippen LogP contribution >= 0.6 is 11.3 Å². The number of methoxy groups -OCH3 is 1. The fourth-order valence-electron chi connectivity index (χ4n) is 6.25. The Morgan fingerprint density at radius 3 is 2.86 bits per heavy atom. The molecule has 3 atom stereocenters. The quantitative estimate of drug-likeness (QED) is 0.224. The fourth-order valence-corrected chi connectivity index (χ4v) is 7.28. The number of aryl methyl sites for hydroxylation is 2. The third-order valence-electron chi connectivity index (χ3n) is 8.40.